The van der Waals surface area contributed by atoms with Crippen LogP contribution in [0.1, 0.15) is 23.2 Å². The Hall–Kier alpha value is -1.13. The molecule has 0 amide bonds. The van der Waals surface area contributed by atoms with Crippen molar-refractivity contribution in [2.24, 2.45) is 0 Å². The highest BCUT2D eigenvalue weighted by Gasteiger charge is 2.13. The monoisotopic (exact) mass is 239 g/mol. The Bertz CT molecular complexity index is 377. The molecule has 0 bridgehead atoms. The Morgan fingerprint density at radius 1 is 1.56 bits per heavy atom. The van der Waals surface area contributed by atoms with Crippen LogP contribution in [0.15, 0.2) is 12.1 Å². The minimum absolute atomic E-state index is 0.343. The van der Waals surface area contributed by atoms with E-state index in [1.807, 2.05) is 0 Å². The molecule has 4 nitrogen and oxygen atoms in total. The van der Waals surface area contributed by atoms with E-state index in [9.17, 15) is 4.79 Å². The van der Waals surface area contributed by atoms with Crippen molar-refractivity contribution >= 4 is 23.7 Å². The lowest BCUT2D eigenvalue weighted by molar-refractivity contribution is 0.112. The van der Waals surface area contributed by atoms with Crippen molar-refractivity contribution in [2.75, 3.05) is 18.4 Å². The molecule has 0 spiro atoms. The first kappa shape index (κ1) is 11.4. The van der Waals surface area contributed by atoms with Gasteiger partial charge in [0.2, 0.25) is 0 Å². The van der Waals surface area contributed by atoms with E-state index in [0.717, 1.165) is 32.2 Å². The fourth-order valence-corrected chi connectivity index (χ4v) is 2.06. The van der Waals surface area contributed by atoms with Gasteiger partial charge in [-0.3, -0.25) is 4.79 Å². The highest BCUT2D eigenvalue weighted by molar-refractivity contribution is 6.29. The van der Waals surface area contributed by atoms with E-state index >= 15 is 0 Å². The van der Waals surface area contributed by atoms with Gasteiger partial charge in [0.05, 0.1) is 0 Å². The molecule has 16 heavy (non-hydrogen) atoms. The number of carbonyl (C=O) groups is 1. The summed E-state index contributed by atoms with van der Waals surface area (Å²) in [5.41, 5.74) is 0.547. The van der Waals surface area contributed by atoms with Crippen molar-refractivity contribution in [3.8, 4) is 0 Å². The molecule has 0 radical (unpaired) electrons. The molecule has 1 aliphatic rings. The molecular weight excluding hydrogens is 226 g/mol. The standard InChI is InChI=1S/C11H14ClN3O/c12-10-4-8(7-16)5-11(15-10)14-9-2-1-3-13-6-9/h4-5,7,9,13H,1-3,6H2,(H,14,15). The zero-order chi connectivity index (χ0) is 11.4. The number of carbonyl (C=O) groups excluding carboxylic acids is 1. The maximum absolute atomic E-state index is 10.7. The second-order valence-corrected chi connectivity index (χ2v) is 4.30. The van der Waals surface area contributed by atoms with Gasteiger partial charge >= 0.3 is 0 Å². The Morgan fingerprint density at radius 2 is 2.44 bits per heavy atom. The van der Waals surface area contributed by atoms with Crippen LogP contribution in [0.4, 0.5) is 5.82 Å². The molecule has 1 aromatic rings. The van der Waals surface area contributed by atoms with Gasteiger partial charge in [-0.25, -0.2) is 4.98 Å². The summed E-state index contributed by atoms with van der Waals surface area (Å²) in [6.45, 7) is 1.99. The van der Waals surface area contributed by atoms with Gasteiger partial charge in [-0.15, -0.1) is 0 Å². The van der Waals surface area contributed by atoms with Crippen molar-refractivity contribution in [2.45, 2.75) is 18.9 Å². The quantitative estimate of drug-likeness (QED) is 0.623. The number of hydrogen-bond acceptors (Lipinski definition) is 4. The van der Waals surface area contributed by atoms with Crippen LogP contribution in [-0.2, 0) is 0 Å². The average Bonchev–Trinajstić information content (AvgIpc) is 2.29. The molecule has 5 heteroatoms. The molecule has 0 aromatic carbocycles. The van der Waals surface area contributed by atoms with Crippen LogP contribution >= 0.6 is 11.6 Å². The van der Waals surface area contributed by atoms with Gasteiger partial charge in [-0.05, 0) is 31.5 Å². The Balaban J connectivity index is 2.07. The third kappa shape index (κ3) is 2.93. The summed E-state index contributed by atoms with van der Waals surface area (Å²) in [7, 11) is 0. The largest absolute Gasteiger partial charge is 0.366 e. The molecule has 1 atom stereocenters. The van der Waals surface area contributed by atoms with Crippen molar-refractivity contribution in [1.29, 1.82) is 0 Å². The smallest absolute Gasteiger partial charge is 0.150 e. The molecule has 1 fully saturated rings. The van der Waals surface area contributed by atoms with Crippen molar-refractivity contribution in [1.82, 2.24) is 10.3 Å². The second kappa shape index (κ2) is 5.27. The fourth-order valence-electron chi connectivity index (χ4n) is 1.84. The summed E-state index contributed by atoms with van der Waals surface area (Å²) in [4.78, 5) is 14.8. The maximum Gasteiger partial charge on any atom is 0.150 e. The molecule has 1 aliphatic heterocycles. The van der Waals surface area contributed by atoms with Crippen LogP contribution in [0, 0.1) is 0 Å². The van der Waals surface area contributed by atoms with Gasteiger partial charge in [-0.2, -0.15) is 0 Å². The van der Waals surface area contributed by atoms with E-state index in [0.29, 0.717) is 22.6 Å². The summed E-state index contributed by atoms with van der Waals surface area (Å²) in [5.74, 6) is 0.670. The number of piperidine rings is 1. The number of nitrogens with one attached hydrogen (secondary N) is 2. The number of aldehydes is 1. The Labute approximate surface area is 99.4 Å². The lowest BCUT2D eigenvalue weighted by atomic mass is 10.1. The Kier molecular flexibility index (Phi) is 3.74. The number of aromatic nitrogens is 1. The summed E-state index contributed by atoms with van der Waals surface area (Å²) in [6.07, 6.45) is 3.04. The lowest BCUT2D eigenvalue weighted by Crippen LogP contribution is -2.38. The zero-order valence-corrected chi connectivity index (χ0v) is 9.63. The predicted octanol–water partition coefficient (Wildman–Crippen LogP) is 1.71. The number of rotatable bonds is 3. The molecule has 2 rings (SSSR count). The molecule has 2 heterocycles. The first-order valence-corrected chi connectivity index (χ1v) is 5.76. The van der Waals surface area contributed by atoms with Crippen molar-refractivity contribution < 1.29 is 4.79 Å². The van der Waals surface area contributed by atoms with Crippen LogP contribution in [0.5, 0.6) is 0 Å². The van der Waals surface area contributed by atoms with E-state index in [2.05, 4.69) is 15.6 Å². The van der Waals surface area contributed by atoms with Crippen LogP contribution in [-0.4, -0.2) is 30.4 Å². The molecule has 1 aromatic heterocycles. The molecule has 1 unspecified atom stereocenters. The van der Waals surface area contributed by atoms with E-state index < -0.39 is 0 Å². The number of hydrogen-bond donors (Lipinski definition) is 2. The third-order valence-corrected chi connectivity index (χ3v) is 2.80. The third-order valence-electron chi connectivity index (χ3n) is 2.60. The molecular formula is C11H14ClN3O. The maximum atomic E-state index is 10.7. The predicted molar refractivity (Wildman–Crippen MR) is 64.1 cm³/mol. The van der Waals surface area contributed by atoms with Gasteiger partial charge in [0.25, 0.3) is 0 Å². The van der Waals surface area contributed by atoms with Crippen molar-refractivity contribution in [3.63, 3.8) is 0 Å². The number of anilines is 1. The van der Waals surface area contributed by atoms with Gasteiger partial charge < -0.3 is 10.6 Å². The molecule has 2 N–H and O–H groups in total. The normalized spacial score (nSPS) is 20.4. The van der Waals surface area contributed by atoms with Gasteiger partial charge in [0, 0.05) is 18.2 Å². The van der Waals surface area contributed by atoms with Crippen LogP contribution < -0.4 is 10.6 Å². The van der Waals surface area contributed by atoms with Gasteiger partial charge in [-0.1, -0.05) is 11.6 Å². The molecule has 0 saturated carbocycles. The minimum atomic E-state index is 0.343. The first-order valence-electron chi connectivity index (χ1n) is 5.38. The SMILES string of the molecule is O=Cc1cc(Cl)nc(NC2CCCNC2)c1. The Morgan fingerprint density at radius 3 is 3.12 bits per heavy atom. The lowest BCUT2D eigenvalue weighted by Gasteiger charge is -2.24. The summed E-state index contributed by atoms with van der Waals surface area (Å²) in [5, 5.41) is 6.93. The molecule has 0 aliphatic carbocycles. The fraction of sp³-hybridized carbons (Fsp3) is 0.455. The van der Waals surface area contributed by atoms with Gasteiger partial charge in [0.1, 0.15) is 17.3 Å². The highest BCUT2D eigenvalue weighted by atomic mass is 35.5. The molecule has 1 saturated heterocycles. The van der Waals surface area contributed by atoms with Crippen molar-refractivity contribution in [3.05, 3.63) is 22.8 Å². The average molecular weight is 240 g/mol. The second-order valence-electron chi connectivity index (χ2n) is 3.91. The summed E-state index contributed by atoms with van der Waals surface area (Å²) < 4.78 is 0. The zero-order valence-electron chi connectivity index (χ0n) is 8.87. The van der Waals surface area contributed by atoms with E-state index in [4.69, 9.17) is 11.6 Å². The number of halogens is 1. The molecule has 86 valence electrons. The minimum Gasteiger partial charge on any atom is -0.366 e. The van der Waals surface area contributed by atoms with Gasteiger partial charge in [0.15, 0.2) is 0 Å². The first-order chi connectivity index (χ1) is 7.78. The van der Waals surface area contributed by atoms with Crippen LogP contribution in [0.25, 0.3) is 0 Å². The number of nitrogens with zero attached hydrogens (tertiary/aromatic N) is 1. The highest BCUT2D eigenvalue weighted by Crippen LogP contribution is 2.15. The van der Waals surface area contributed by atoms with Crippen LogP contribution in [0.2, 0.25) is 5.15 Å². The van der Waals surface area contributed by atoms with E-state index in [-0.39, 0.29) is 0 Å². The van der Waals surface area contributed by atoms with Crippen LogP contribution in [0.3, 0.4) is 0 Å². The topological polar surface area (TPSA) is 54.0 Å². The summed E-state index contributed by atoms with van der Waals surface area (Å²) >= 11 is 5.82. The van der Waals surface area contributed by atoms with E-state index in [1.165, 1.54) is 0 Å². The number of pyridine rings is 1. The summed E-state index contributed by atoms with van der Waals surface area (Å²) in [6, 6.07) is 3.63. The van der Waals surface area contributed by atoms with E-state index in [1.54, 1.807) is 12.1 Å².